The fourth-order valence-electron chi connectivity index (χ4n) is 1.34. The molecule has 1 heterocycles. The lowest BCUT2D eigenvalue weighted by Crippen LogP contribution is -1.94. The lowest BCUT2D eigenvalue weighted by atomic mass is 10.2. The third kappa shape index (κ3) is 2.26. The lowest BCUT2D eigenvalue weighted by molar-refractivity contribution is 0.455. The van der Waals surface area contributed by atoms with E-state index in [1.54, 1.807) is 12.1 Å². The quantitative estimate of drug-likeness (QED) is 0.807. The molecule has 2 rings (SSSR count). The van der Waals surface area contributed by atoms with Crippen LogP contribution in [0.2, 0.25) is 0 Å². The number of aromatic nitrogens is 1. The van der Waals surface area contributed by atoms with Gasteiger partial charge in [0, 0.05) is 6.07 Å². The molecule has 5 heteroatoms. The number of ether oxygens (including phenoxy) is 1. The maximum Gasteiger partial charge on any atom is 0.220 e. The maximum atomic E-state index is 13.3. The van der Waals surface area contributed by atoms with Crippen molar-refractivity contribution in [2.24, 2.45) is 0 Å². The van der Waals surface area contributed by atoms with Gasteiger partial charge in [0.2, 0.25) is 5.88 Å². The van der Waals surface area contributed by atoms with Crippen LogP contribution in [0.1, 0.15) is 11.3 Å². The standard InChI is InChI=1S/C13H6FN3O/c14-11-4-2-5-12(10(11)8-16)18-13-6-1-3-9(7-15)17-13/h1-6H. The highest BCUT2D eigenvalue weighted by Gasteiger charge is 2.10. The van der Waals surface area contributed by atoms with E-state index < -0.39 is 5.82 Å². The molecule has 0 N–H and O–H groups in total. The van der Waals surface area contributed by atoms with E-state index >= 15 is 0 Å². The Bertz CT molecular complexity index is 671. The number of hydrogen-bond donors (Lipinski definition) is 0. The minimum atomic E-state index is -0.661. The zero-order valence-corrected chi connectivity index (χ0v) is 9.09. The Labute approximate surface area is 103 Å². The van der Waals surface area contributed by atoms with Crippen LogP contribution in [0.3, 0.4) is 0 Å². The summed E-state index contributed by atoms with van der Waals surface area (Å²) < 4.78 is 18.6. The number of nitriles is 2. The molecule has 0 atom stereocenters. The van der Waals surface area contributed by atoms with Crippen LogP contribution in [-0.2, 0) is 0 Å². The predicted octanol–water partition coefficient (Wildman–Crippen LogP) is 2.76. The minimum absolute atomic E-state index is 0.0695. The van der Waals surface area contributed by atoms with Crippen LogP contribution in [0.5, 0.6) is 11.6 Å². The monoisotopic (exact) mass is 239 g/mol. The maximum absolute atomic E-state index is 13.3. The Balaban J connectivity index is 2.38. The van der Waals surface area contributed by atoms with Crippen molar-refractivity contribution in [2.75, 3.05) is 0 Å². The smallest absolute Gasteiger partial charge is 0.220 e. The molecule has 0 amide bonds. The number of rotatable bonds is 2. The Morgan fingerprint density at radius 3 is 2.56 bits per heavy atom. The van der Waals surface area contributed by atoms with Gasteiger partial charge in [-0.25, -0.2) is 9.37 Å². The van der Waals surface area contributed by atoms with E-state index in [1.165, 1.54) is 30.3 Å². The highest BCUT2D eigenvalue weighted by molar-refractivity contribution is 5.45. The molecule has 0 bridgehead atoms. The first kappa shape index (κ1) is 11.6. The fourth-order valence-corrected chi connectivity index (χ4v) is 1.34. The van der Waals surface area contributed by atoms with Gasteiger partial charge in [-0.2, -0.15) is 10.5 Å². The molecule has 86 valence electrons. The summed E-state index contributed by atoms with van der Waals surface area (Å²) in [5.41, 5.74) is -0.0101. The summed E-state index contributed by atoms with van der Waals surface area (Å²) in [6.45, 7) is 0. The first-order valence-electron chi connectivity index (χ1n) is 4.98. The lowest BCUT2D eigenvalue weighted by Gasteiger charge is -2.06. The molecule has 18 heavy (non-hydrogen) atoms. The fraction of sp³-hybridized carbons (Fsp3) is 0. The molecular formula is C13H6FN3O. The van der Waals surface area contributed by atoms with Crippen LogP contribution < -0.4 is 4.74 Å². The number of pyridine rings is 1. The van der Waals surface area contributed by atoms with E-state index in [1.807, 2.05) is 6.07 Å². The average Bonchev–Trinajstić information content (AvgIpc) is 2.39. The van der Waals surface area contributed by atoms with Crippen LogP contribution >= 0.6 is 0 Å². The summed E-state index contributed by atoms with van der Waals surface area (Å²) in [6, 6.07) is 12.3. The van der Waals surface area contributed by atoms with Crippen molar-refractivity contribution < 1.29 is 9.13 Å². The van der Waals surface area contributed by atoms with E-state index in [9.17, 15) is 4.39 Å². The van der Waals surface area contributed by atoms with Gasteiger partial charge in [0.15, 0.2) is 0 Å². The number of halogens is 1. The summed E-state index contributed by atoms with van der Waals surface area (Å²) in [5.74, 6) is -0.456. The van der Waals surface area contributed by atoms with Crippen molar-refractivity contribution in [2.45, 2.75) is 0 Å². The van der Waals surface area contributed by atoms with E-state index in [2.05, 4.69) is 4.98 Å². The van der Waals surface area contributed by atoms with E-state index in [-0.39, 0.29) is 22.9 Å². The highest BCUT2D eigenvalue weighted by Crippen LogP contribution is 2.25. The number of nitrogens with zero attached hydrogens (tertiary/aromatic N) is 3. The first-order valence-corrected chi connectivity index (χ1v) is 4.98. The largest absolute Gasteiger partial charge is 0.437 e. The Morgan fingerprint density at radius 2 is 1.83 bits per heavy atom. The Morgan fingerprint density at radius 1 is 1.06 bits per heavy atom. The van der Waals surface area contributed by atoms with Crippen LogP contribution in [0.25, 0.3) is 0 Å². The van der Waals surface area contributed by atoms with Gasteiger partial charge >= 0.3 is 0 Å². The molecule has 0 radical (unpaired) electrons. The third-order valence-electron chi connectivity index (χ3n) is 2.14. The van der Waals surface area contributed by atoms with E-state index in [0.29, 0.717) is 0 Å². The zero-order chi connectivity index (χ0) is 13.0. The molecule has 2 aromatic rings. The minimum Gasteiger partial charge on any atom is -0.437 e. The van der Waals surface area contributed by atoms with Crippen molar-refractivity contribution in [3.8, 4) is 23.8 Å². The highest BCUT2D eigenvalue weighted by atomic mass is 19.1. The second kappa shape index (κ2) is 4.94. The molecular weight excluding hydrogens is 233 g/mol. The molecule has 1 aromatic carbocycles. The summed E-state index contributed by atoms with van der Waals surface area (Å²) in [7, 11) is 0. The molecule has 0 spiro atoms. The normalized spacial score (nSPS) is 9.28. The average molecular weight is 239 g/mol. The molecule has 4 nitrogen and oxygen atoms in total. The van der Waals surface area contributed by atoms with Crippen LogP contribution in [0.4, 0.5) is 4.39 Å². The Kier molecular flexibility index (Phi) is 3.17. The van der Waals surface area contributed by atoms with Gasteiger partial charge in [-0.05, 0) is 18.2 Å². The Hall–Kier alpha value is -2.92. The molecule has 1 aromatic heterocycles. The topological polar surface area (TPSA) is 69.7 Å². The van der Waals surface area contributed by atoms with Crippen molar-refractivity contribution in [3.05, 3.63) is 53.5 Å². The summed E-state index contributed by atoms with van der Waals surface area (Å²) in [6.07, 6.45) is 0. The zero-order valence-electron chi connectivity index (χ0n) is 9.09. The molecule has 0 saturated heterocycles. The molecule has 0 saturated carbocycles. The van der Waals surface area contributed by atoms with Crippen LogP contribution in [0.15, 0.2) is 36.4 Å². The molecule has 0 unspecified atom stereocenters. The van der Waals surface area contributed by atoms with Crippen molar-refractivity contribution >= 4 is 0 Å². The molecule has 0 aliphatic rings. The second-order valence-corrected chi connectivity index (χ2v) is 3.30. The van der Waals surface area contributed by atoms with Gasteiger partial charge in [-0.15, -0.1) is 0 Å². The summed E-state index contributed by atoms with van der Waals surface area (Å²) in [4.78, 5) is 3.88. The molecule has 0 fully saturated rings. The molecule has 0 aliphatic carbocycles. The van der Waals surface area contributed by atoms with Gasteiger partial charge in [0.25, 0.3) is 0 Å². The SMILES string of the molecule is N#Cc1cccc(Oc2cccc(F)c2C#N)n1. The van der Waals surface area contributed by atoms with Gasteiger partial charge in [-0.3, -0.25) is 0 Å². The van der Waals surface area contributed by atoms with Gasteiger partial charge in [0.05, 0.1) is 0 Å². The summed E-state index contributed by atoms with van der Waals surface area (Å²) >= 11 is 0. The number of hydrogen-bond acceptors (Lipinski definition) is 4. The second-order valence-electron chi connectivity index (χ2n) is 3.30. The van der Waals surface area contributed by atoms with Crippen molar-refractivity contribution in [1.82, 2.24) is 4.98 Å². The van der Waals surface area contributed by atoms with Crippen LogP contribution in [-0.4, -0.2) is 4.98 Å². The van der Waals surface area contributed by atoms with Crippen molar-refractivity contribution in [3.63, 3.8) is 0 Å². The van der Waals surface area contributed by atoms with Crippen LogP contribution in [0, 0.1) is 28.5 Å². The predicted molar refractivity (Wildman–Crippen MR) is 60.1 cm³/mol. The number of benzene rings is 1. The molecule has 0 aliphatic heterocycles. The van der Waals surface area contributed by atoms with E-state index in [0.717, 1.165) is 0 Å². The first-order chi connectivity index (χ1) is 8.74. The van der Waals surface area contributed by atoms with Gasteiger partial charge in [-0.1, -0.05) is 12.1 Å². The third-order valence-corrected chi connectivity index (χ3v) is 2.14. The van der Waals surface area contributed by atoms with Gasteiger partial charge < -0.3 is 4.74 Å². The van der Waals surface area contributed by atoms with Crippen molar-refractivity contribution in [1.29, 1.82) is 10.5 Å². The summed E-state index contributed by atoms with van der Waals surface area (Å²) in [5, 5.41) is 17.5. The van der Waals surface area contributed by atoms with Gasteiger partial charge in [0.1, 0.15) is 35.0 Å². The van der Waals surface area contributed by atoms with E-state index in [4.69, 9.17) is 15.3 Å².